The Labute approximate surface area is 334 Å². The standard InChI is InChI=1S/C55H33Br/c56-39-27-28-43-42-21-11-13-25-49(42)55(51(43)32-39)50-26-14-12-24-46(50)52-45-23-10-8-20-41(45)48-33-47(40-19-7-9-22-44(40)53(48)54(52)55)38-30-36(34-15-3-1-4-16-34)29-37(31-38)35-17-5-2-6-18-35/h1-33H. The molecule has 2 aliphatic carbocycles. The average molecular weight is 774 g/mol. The first-order valence-electron chi connectivity index (χ1n) is 19.4. The Morgan fingerprint density at radius 3 is 1.52 bits per heavy atom. The zero-order valence-electron chi connectivity index (χ0n) is 30.4. The van der Waals surface area contributed by atoms with Crippen molar-refractivity contribution in [1.82, 2.24) is 0 Å². The highest BCUT2D eigenvalue weighted by atomic mass is 79.9. The van der Waals surface area contributed by atoms with E-state index in [1.807, 2.05) is 0 Å². The number of hydrogen-bond acceptors (Lipinski definition) is 0. The van der Waals surface area contributed by atoms with Gasteiger partial charge in [0.15, 0.2) is 0 Å². The third-order valence-electron chi connectivity index (χ3n) is 12.5. The Balaban J connectivity index is 1.27. The molecule has 2 aliphatic rings. The molecule has 0 saturated carbocycles. The van der Waals surface area contributed by atoms with Crippen LogP contribution in [-0.2, 0) is 5.41 Å². The van der Waals surface area contributed by atoms with Gasteiger partial charge in [-0.15, -0.1) is 0 Å². The van der Waals surface area contributed by atoms with Gasteiger partial charge in [0.2, 0.25) is 0 Å². The van der Waals surface area contributed by atoms with Gasteiger partial charge >= 0.3 is 0 Å². The average Bonchev–Trinajstić information content (AvgIpc) is 3.73. The fourth-order valence-electron chi connectivity index (χ4n) is 10.3. The van der Waals surface area contributed by atoms with Gasteiger partial charge in [-0.3, -0.25) is 0 Å². The Kier molecular flexibility index (Phi) is 6.80. The lowest BCUT2D eigenvalue weighted by atomic mass is 9.68. The van der Waals surface area contributed by atoms with Gasteiger partial charge in [-0.05, 0) is 147 Å². The molecule has 10 aromatic rings. The molecule has 0 nitrogen and oxygen atoms in total. The van der Waals surface area contributed by atoms with Crippen molar-refractivity contribution in [3.05, 3.63) is 227 Å². The van der Waals surface area contributed by atoms with E-state index in [1.165, 1.54) is 110 Å². The van der Waals surface area contributed by atoms with Gasteiger partial charge < -0.3 is 0 Å². The van der Waals surface area contributed by atoms with Crippen LogP contribution in [0.25, 0.3) is 88.0 Å². The summed E-state index contributed by atoms with van der Waals surface area (Å²) in [6.45, 7) is 0. The highest BCUT2D eigenvalue weighted by molar-refractivity contribution is 9.10. The van der Waals surface area contributed by atoms with Crippen LogP contribution >= 0.6 is 15.9 Å². The lowest BCUT2D eigenvalue weighted by molar-refractivity contribution is 0.801. The van der Waals surface area contributed by atoms with Crippen molar-refractivity contribution < 1.29 is 0 Å². The van der Waals surface area contributed by atoms with Crippen LogP contribution in [0.4, 0.5) is 0 Å². The zero-order chi connectivity index (χ0) is 37.0. The van der Waals surface area contributed by atoms with E-state index in [2.05, 4.69) is 216 Å². The third-order valence-corrected chi connectivity index (χ3v) is 13.0. The van der Waals surface area contributed by atoms with E-state index in [1.54, 1.807) is 0 Å². The van der Waals surface area contributed by atoms with Crippen LogP contribution in [0, 0.1) is 0 Å². The quantitative estimate of drug-likeness (QED) is 0.157. The highest BCUT2D eigenvalue weighted by Crippen LogP contribution is 2.66. The smallest absolute Gasteiger partial charge is 0.0622 e. The van der Waals surface area contributed by atoms with E-state index < -0.39 is 5.41 Å². The summed E-state index contributed by atoms with van der Waals surface area (Å²) >= 11 is 3.93. The minimum Gasteiger partial charge on any atom is -0.0622 e. The molecule has 260 valence electrons. The van der Waals surface area contributed by atoms with E-state index in [4.69, 9.17) is 0 Å². The number of halogens is 1. The van der Waals surface area contributed by atoms with Crippen LogP contribution in [0.1, 0.15) is 22.3 Å². The minimum absolute atomic E-state index is 0.498. The monoisotopic (exact) mass is 772 g/mol. The van der Waals surface area contributed by atoms with Crippen molar-refractivity contribution in [2.75, 3.05) is 0 Å². The molecule has 1 spiro atoms. The summed E-state index contributed by atoms with van der Waals surface area (Å²) in [6, 6.07) is 74.7. The molecule has 10 aromatic carbocycles. The maximum Gasteiger partial charge on any atom is 0.0732 e. The molecule has 1 atom stereocenters. The largest absolute Gasteiger partial charge is 0.0732 e. The second-order valence-electron chi connectivity index (χ2n) is 15.3. The van der Waals surface area contributed by atoms with Crippen LogP contribution in [0.5, 0.6) is 0 Å². The van der Waals surface area contributed by atoms with E-state index in [-0.39, 0.29) is 0 Å². The number of hydrogen-bond donors (Lipinski definition) is 0. The van der Waals surface area contributed by atoms with E-state index in [0.29, 0.717) is 0 Å². The predicted octanol–water partition coefficient (Wildman–Crippen LogP) is 15.3. The van der Waals surface area contributed by atoms with Crippen molar-refractivity contribution in [3.8, 4) is 55.6 Å². The molecule has 0 aromatic heterocycles. The van der Waals surface area contributed by atoms with Gasteiger partial charge in [0.1, 0.15) is 0 Å². The summed E-state index contributed by atoms with van der Waals surface area (Å²) in [7, 11) is 0. The van der Waals surface area contributed by atoms with E-state index in [0.717, 1.165) is 4.47 Å². The molecule has 0 fully saturated rings. The second-order valence-corrected chi connectivity index (χ2v) is 16.2. The Morgan fingerprint density at radius 2 is 0.821 bits per heavy atom. The van der Waals surface area contributed by atoms with E-state index in [9.17, 15) is 0 Å². The van der Waals surface area contributed by atoms with E-state index >= 15 is 0 Å². The summed E-state index contributed by atoms with van der Waals surface area (Å²) < 4.78 is 1.10. The summed E-state index contributed by atoms with van der Waals surface area (Å²) in [5.74, 6) is 0. The molecular weight excluding hydrogens is 741 g/mol. The van der Waals surface area contributed by atoms with Crippen molar-refractivity contribution in [3.63, 3.8) is 0 Å². The van der Waals surface area contributed by atoms with Crippen LogP contribution in [0.3, 0.4) is 0 Å². The lowest BCUT2D eigenvalue weighted by Crippen LogP contribution is -2.26. The molecular formula is C55H33Br. The fourth-order valence-corrected chi connectivity index (χ4v) is 10.7. The first-order valence-corrected chi connectivity index (χ1v) is 20.2. The third kappa shape index (κ3) is 4.29. The zero-order valence-corrected chi connectivity index (χ0v) is 32.0. The fraction of sp³-hybridized carbons (Fsp3) is 0.0182. The van der Waals surface area contributed by atoms with Crippen molar-refractivity contribution >= 4 is 48.2 Å². The van der Waals surface area contributed by atoms with Crippen LogP contribution in [-0.4, -0.2) is 0 Å². The summed E-state index contributed by atoms with van der Waals surface area (Å²) in [4.78, 5) is 0. The molecule has 0 N–H and O–H groups in total. The topological polar surface area (TPSA) is 0 Å². The molecule has 12 rings (SSSR count). The molecule has 0 heterocycles. The van der Waals surface area contributed by atoms with Crippen LogP contribution < -0.4 is 0 Å². The maximum absolute atomic E-state index is 3.93. The Hall–Kier alpha value is -6.54. The van der Waals surface area contributed by atoms with Gasteiger partial charge in [-0.2, -0.15) is 0 Å². The van der Waals surface area contributed by atoms with Gasteiger partial charge in [0.25, 0.3) is 0 Å². The van der Waals surface area contributed by atoms with Crippen molar-refractivity contribution in [2.24, 2.45) is 0 Å². The Bertz CT molecular complexity index is 3190. The molecule has 0 radical (unpaired) electrons. The van der Waals surface area contributed by atoms with Crippen molar-refractivity contribution in [2.45, 2.75) is 5.41 Å². The summed E-state index contributed by atoms with van der Waals surface area (Å²) in [5.41, 5.74) is 17.5. The van der Waals surface area contributed by atoms with Crippen LogP contribution in [0.15, 0.2) is 205 Å². The second kappa shape index (κ2) is 12.0. The normalized spacial score (nSPS) is 14.9. The van der Waals surface area contributed by atoms with Gasteiger partial charge in [-0.1, -0.05) is 180 Å². The van der Waals surface area contributed by atoms with Crippen LogP contribution in [0.2, 0.25) is 0 Å². The lowest BCUT2D eigenvalue weighted by Gasteiger charge is -2.32. The first kappa shape index (κ1) is 31.8. The molecule has 0 amide bonds. The highest BCUT2D eigenvalue weighted by Gasteiger charge is 2.53. The molecule has 1 heteroatoms. The molecule has 0 saturated heterocycles. The van der Waals surface area contributed by atoms with Gasteiger partial charge in [0, 0.05) is 4.47 Å². The number of rotatable bonds is 3. The first-order chi connectivity index (χ1) is 27.7. The molecule has 56 heavy (non-hydrogen) atoms. The summed E-state index contributed by atoms with van der Waals surface area (Å²) in [6.07, 6.45) is 0. The Morgan fingerprint density at radius 1 is 0.304 bits per heavy atom. The number of fused-ring (bicyclic) bond motifs is 17. The molecule has 0 aliphatic heterocycles. The number of benzene rings is 10. The SMILES string of the molecule is Brc1ccc2c(c1)C1(c3ccccc3-2)c2ccccc2-c2c1c1c3ccccc3c(-c3cc(-c4ccccc4)cc(-c4ccccc4)c3)cc1c1ccccc21. The molecule has 1 unspecified atom stereocenters. The van der Waals surface area contributed by atoms with Gasteiger partial charge in [-0.25, -0.2) is 0 Å². The molecule has 0 bridgehead atoms. The minimum atomic E-state index is -0.498. The maximum atomic E-state index is 3.93. The van der Waals surface area contributed by atoms with Crippen molar-refractivity contribution in [1.29, 1.82) is 0 Å². The van der Waals surface area contributed by atoms with Gasteiger partial charge in [0.05, 0.1) is 5.41 Å². The predicted molar refractivity (Wildman–Crippen MR) is 239 cm³/mol. The summed E-state index contributed by atoms with van der Waals surface area (Å²) in [5, 5.41) is 7.73.